The molecule has 0 saturated heterocycles. The smallest absolute Gasteiger partial charge is 0.264 e. The van der Waals surface area contributed by atoms with Crippen LogP contribution < -0.4 is 15.4 Å². The molecular formula is C19H23N7O2S2. The highest BCUT2D eigenvalue weighted by Crippen LogP contribution is 2.16. The number of anilines is 2. The number of hydrogen-bond donors (Lipinski definition) is 3. The van der Waals surface area contributed by atoms with Crippen LogP contribution in [0.25, 0.3) is 0 Å². The van der Waals surface area contributed by atoms with Gasteiger partial charge < -0.3 is 10.6 Å². The Balaban J connectivity index is 1.47. The third-order valence-corrected chi connectivity index (χ3v) is 5.74. The number of aryl methyl sites for hydroxylation is 3. The van der Waals surface area contributed by atoms with Gasteiger partial charge in [-0.25, -0.2) is 23.1 Å². The fraction of sp³-hybridized carbons (Fsp3) is 0.263. The van der Waals surface area contributed by atoms with E-state index in [1.807, 2.05) is 24.6 Å². The molecule has 0 fully saturated rings. The van der Waals surface area contributed by atoms with E-state index in [2.05, 4.69) is 30.4 Å². The van der Waals surface area contributed by atoms with Gasteiger partial charge in [-0.05, 0) is 68.9 Å². The molecule has 0 aliphatic rings. The molecule has 11 heteroatoms. The van der Waals surface area contributed by atoms with E-state index in [1.165, 1.54) is 24.5 Å². The molecule has 2 heterocycles. The van der Waals surface area contributed by atoms with Gasteiger partial charge in [-0.3, -0.25) is 4.68 Å². The summed E-state index contributed by atoms with van der Waals surface area (Å²) in [7, 11) is -3.76. The lowest BCUT2D eigenvalue weighted by Gasteiger charge is -2.12. The summed E-state index contributed by atoms with van der Waals surface area (Å²) in [6.45, 7) is 5.51. The van der Waals surface area contributed by atoms with E-state index >= 15 is 0 Å². The molecule has 0 amide bonds. The van der Waals surface area contributed by atoms with Gasteiger partial charge in [0.1, 0.15) is 0 Å². The predicted octanol–water partition coefficient (Wildman–Crippen LogP) is 2.47. The molecule has 3 N–H and O–H groups in total. The zero-order valence-electron chi connectivity index (χ0n) is 16.7. The second-order valence-electron chi connectivity index (χ2n) is 6.59. The Labute approximate surface area is 181 Å². The largest absolute Gasteiger partial charge is 0.362 e. The van der Waals surface area contributed by atoms with Gasteiger partial charge in [0.25, 0.3) is 10.0 Å². The summed E-state index contributed by atoms with van der Waals surface area (Å²) >= 11 is 5.30. The number of rotatable bonds is 8. The van der Waals surface area contributed by atoms with Crippen LogP contribution >= 0.6 is 12.2 Å². The molecule has 1 aromatic carbocycles. The molecule has 0 atom stereocenters. The van der Waals surface area contributed by atoms with Crippen molar-refractivity contribution in [3.8, 4) is 0 Å². The van der Waals surface area contributed by atoms with Crippen molar-refractivity contribution in [2.24, 2.45) is 0 Å². The monoisotopic (exact) mass is 445 g/mol. The first-order valence-electron chi connectivity index (χ1n) is 9.29. The van der Waals surface area contributed by atoms with Crippen LogP contribution in [0.3, 0.4) is 0 Å². The van der Waals surface area contributed by atoms with Gasteiger partial charge in [0.2, 0.25) is 5.95 Å². The Hall–Kier alpha value is -3.05. The topological polar surface area (TPSA) is 114 Å². The molecule has 9 nitrogen and oxygen atoms in total. The fourth-order valence-electron chi connectivity index (χ4n) is 2.76. The Morgan fingerprint density at radius 2 is 1.83 bits per heavy atom. The van der Waals surface area contributed by atoms with E-state index in [0.29, 0.717) is 17.3 Å². The molecule has 3 aromatic rings. The van der Waals surface area contributed by atoms with E-state index < -0.39 is 10.0 Å². The Morgan fingerprint density at radius 1 is 1.13 bits per heavy atom. The molecular weight excluding hydrogens is 422 g/mol. The van der Waals surface area contributed by atoms with Crippen molar-refractivity contribution < 1.29 is 8.42 Å². The molecule has 3 rings (SSSR count). The van der Waals surface area contributed by atoms with Crippen LogP contribution in [0.1, 0.15) is 17.8 Å². The molecule has 0 saturated carbocycles. The van der Waals surface area contributed by atoms with Gasteiger partial charge in [-0.15, -0.1) is 0 Å². The van der Waals surface area contributed by atoms with Crippen LogP contribution in [0.15, 0.2) is 53.7 Å². The second kappa shape index (κ2) is 9.63. The van der Waals surface area contributed by atoms with Crippen molar-refractivity contribution in [3.05, 3.63) is 60.2 Å². The highest BCUT2D eigenvalue weighted by molar-refractivity contribution is 7.92. The van der Waals surface area contributed by atoms with Crippen LogP contribution in [0, 0.1) is 13.8 Å². The maximum absolute atomic E-state index is 12.4. The number of nitrogens with zero attached hydrogens (tertiary/aromatic N) is 4. The van der Waals surface area contributed by atoms with Gasteiger partial charge in [0, 0.05) is 36.9 Å². The highest BCUT2D eigenvalue weighted by Gasteiger charge is 2.15. The maximum Gasteiger partial charge on any atom is 0.264 e. The molecule has 2 aromatic heterocycles. The number of sulfonamides is 1. The molecule has 30 heavy (non-hydrogen) atoms. The minimum Gasteiger partial charge on any atom is -0.362 e. The minimum absolute atomic E-state index is 0.0190. The molecule has 0 unspecified atom stereocenters. The minimum atomic E-state index is -3.76. The number of hydrogen-bond acceptors (Lipinski definition) is 6. The first kappa shape index (κ1) is 21.7. The third-order valence-electron chi connectivity index (χ3n) is 4.15. The molecule has 0 bridgehead atoms. The van der Waals surface area contributed by atoms with Crippen molar-refractivity contribution in [1.82, 2.24) is 25.1 Å². The van der Waals surface area contributed by atoms with E-state index in [4.69, 9.17) is 12.2 Å². The summed E-state index contributed by atoms with van der Waals surface area (Å²) in [6.07, 6.45) is 3.79. The first-order chi connectivity index (χ1) is 14.3. The quantitative estimate of drug-likeness (QED) is 0.358. The van der Waals surface area contributed by atoms with Gasteiger partial charge in [-0.1, -0.05) is 0 Å². The molecule has 158 valence electrons. The second-order valence-corrected chi connectivity index (χ2v) is 8.68. The maximum atomic E-state index is 12.4. The lowest BCUT2D eigenvalue weighted by atomic mass is 10.3. The number of nitrogens with one attached hydrogen (secondary N) is 3. The number of benzene rings is 1. The lowest BCUT2D eigenvalue weighted by molar-refractivity contribution is 0.558. The van der Waals surface area contributed by atoms with Crippen LogP contribution in [-0.4, -0.2) is 39.8 Å². The summed E-state index contributed by atoms with van der Waals surface area (Å²) in [5.41, 5.74) is 2.83. The highest BCUT2D eigenvalue weighted by atomic mass is 32.2. The SMILES string of the molecule is Cc1cc(C)n(CCCNC(=S)Nc2ccc(S(=O)(=O)Nc3ncccn3)cc2)n1. The average molecular weight is 446 g/mol. The molecule has 0 aliphatic heterocycles. The number of aromatic nitrogens is 4. The van der Waals surface area contributed by atoms with Crippen LogP contribution in [0.4, 0.5) is 11.6 Å². The van der Waals surface area contributed by atoms with Crippen molar-refractivity contribution in [1.29, 1.82) is 0 Å². The average Bonchev–Trinajstić information content (AvgIpc) is 3.03. The molecule has 0 spiro atoms. The van der Waals surface area contributed by atoms with Gasteiger partial charge in [0.05, 0.1) is 10.6 Å². The molecule has 0 radical (unpaired) electrons. The first-order valence-corrected chi connectivity index (χ1v) is 11.2. The summed E-state index contributed by atoms with van der Waals surface area (Å²) in [4.78, 5) is 7.83. The van der Waals surface area contributed by atoms with Gasteiger partial charge >= 0.3 is 0 Å². The van der Waals surface area contributed by atoms with Gasteiger partial charge in [0.15, 0.2) is 5.11 Å². The summed E-state index contributed by atoms with van der Waals surface area (Å²) < 4.78 is 29.1. The normalized spacial score (nSPS) is 11.1. The number of thiocarbonyl (C=S) groups is 1. The lowest BCUT2D eigenvalue weighted by Crippen LogP contribution is -2.29. The van der Waals surface area contributed by atoms with E-state index in [1.54, 1.807) is 18.2 Å². The molecule has 0 aliphatic carbocycles. The fourth-order valence-corrected chi connectivity index (χ4v) is 3.93. The van der Waals surface area contributed by atoms with Gasteiger partial charge in [-0.2, -0.15) is 5.10 Å². The predicted molar refractivity (Wildman–Crippen MR) is 120 cm³/mol. The summed E-state index contributed by atoms with van der Waals surface area (Å²) in [5, 5.41) is 11.1. The Morgan fingerprint density at radius 3 is 2.47 bits per heavy atom. The van der Waals surface area contributed by atoms with Crippen LogP contribution in [0.2, 0.25) is 0 Å². The van der Waals surface area contributed by atoms with Crippen molar-refractivity contribution in [3.63, 3.8) is 0 Å². The van der Waals surface area contributed by atoms with E-state index in [9.17, 15) is 8.42 Å². The van der Waals surface area contributed by atoms with Crippen LogP contribution in [0.5, 0.6) is 0 Å². The Kier molecular flexibility index (Phi) is 6.95. The zero-order valence-corrected chi connectivity index (χ0v) is 18.3. The summed E-state index contributed by atoms with van der Waals surface area (Å²) in [6, 6.07) is 9.91. The van der Waals surface area contributed by atoms with E-state index in [-0.39, 0.29) is 10.8 Å². The van der Waals surface area contributed by atoms with Crippen molar-refractivity contribution in [2.75, 3.05) is 16.6 Å². The third kappa shape index (κ3) is 5.97. The Bertz CT molecular complexity index is 1100. The van der Waals surface area contributed by atoms with Crippen molar-refractivity contribution in [2.45, 2.75) is 31.7 Å². The van der Waals surface area contributed by atoms with Crippen LogP contribution in [-0.2, 0) is 16.6 Å². The standard InChI is InChI=1S/C19H23N7O2S2/c1-14-13-15(2)26(24-14)12-4-11-22-19(29)23-16-5-7-17(8-6-16)30(27,28)25-18-20-9-3-10-21-18/h3,5-10,13H,4,11-12H2,1-2H3,(H,20,21,25)(H2,22,23,29). The zero-order chi connectivity index (χ0) is 21.6. The van der Waals surface area contributed by atoms with E-state index in [0.717, 1.165) is 24.4 Å². The van der Waals surface area contributed by atoms with Crippen molar-refractivity contribution >= 4 is 39.0 Å². The summed E-state index contributed by atoms with van der Waals surface area (Å²) in [5.74, 6) is 0.0190.